The number of anilines is 1. The van der Waals surface area contributed by atoms with E-state index < -0.39 is 0 Å². The first-order valence-electron chi connectivity index (χ1n) is 10.1. The molecule has 1 unspecified atom stereocenters. The Bertz CT molecular complexity index is 600. The lowest BCUT2D eigenvalue weighted by Crippen LogP contribution is -2.45. The molecule has 7 heteroatoms. The fraction of sp³-hybridized carbons (Fsp3) is 0.667. The largest absolute Gasteiger partial charge is 0.495 e. The number of guanidine groups is 1. The van der Waals surface area contributed by atoms with Gasteiger partial charge in [0.2, 0.25) is 0 Å². The molecule has 1 aromatic carbocycles. The van der Waals surface area contributed by atoms with Crippen LogP contribution < -0.4 is 20.3 Å². The molecule has 1 aromatic rings. The Morgan fingerprint density at radius 3 is 2.61 bits per heavy atom. The molecule has 1 fully saturated rings. The minimum Gasteiger partial charge on any atom is -0.495 e. The van der Waals surface area contributed by atoms with E-state index in [9.17, 15) is 5.11 Å². The van der Waals surface area contributed by atoms with Gasteiger partial charge in [-0.15, -0.1) is 24.0 Å². The SMILES string of the molecule is CCNC(=NCC(CC)(CC)CO)NC1CCN(c2ccccc2OC)C1.I. The van der Waals surface area contributed by atoms with Crippen LogP contribution in [-0.4, -0.2) is 57.0 Å². The number of benzene rings is 1. The Labute approximate surface area is 187 Å². The third-order valence-electron chi connectivity index (χ3n) is 5.71. The van der Waals surface area contributed by atoms with Crippen LogP contribution in [0.2, 0.25) is 0 Å². The van der Waals surface area contributed by atoms with Gasteiger partial charge in [0.05, 0.1) is 25.9 Å². The molecule has 0 aliphatic carbocycles. The van der Waals surface area contributed by atoms with E-state index in [0.29, 0.717) is 12.6 Å². The van der Waals surface area contributed by atoms with Crippen molar-refractivity contribution in [3.63, 3.8) is 0 Å². The Hall–Kier alpha value is -1.22. The van der Waals surface area contributed by atoms with Gasteiger partial charge < -0.3 is 25.4 Å². The monoisotopic (exact) mass is 504 g/mol. The number of nitrogens with one attached hydrogen (secondary N) is 2. The van der Waals surface area contributed by atoms with E-state index in [1.165, 1.54) is 0 Å². The maximum atomic E-state index is 9.79. The molecule has 0 amide bonds. The molecular formula is C21H37IN4O2. The van der Waals surface area contributed by atoms with Crippen LogP contribution in [0.1, 0.15) is 40.0 Å². The molecule has 0 bridgehead atoms. The first-order valence-corrected chi connectivity index (χ1v) is 10.1. The van der Waals surface area contributed by atoms with E-state index in [-0.39, 0.29) is 36.0 Å². The van der Waals surface area contributed by atoms with Gasteiger partial charge in [-0.1, -0.05) is 26.0 Å². The summed E-state index contributed by atoms with van der Waals surface area (Å²) in [6, 6.07) is 8.50. The van der Waals surface area contributed by atoms with E-state index in [1.54, 1.807) is 7.11 Å². The van der Waals surface area contributed by atoms with Crippen LogP contribution >= 0.6 is 24.0 Å². The molecule has 6 nitrogen and oxygen atoms in total. The van der Waals surface area contributed by atoms with Crippen molar-refractivity contribution in [1.29, 1.82) is 0 Å². The highest BCUT2D eigenvalue weighted by molar-refractivity contribution is 14.0. The minimum atomic E-state index is -0.124. The van der Waals surface area contributed by atoms with Crippen LogP contribution in [0.15, 0.2) is 29.3 Å². The van der Waals surface area contributed by atoms with Gasteiger partial charge in [0.1, 0.15) is 5.75 Å². The molecule has 1 aliphatic heterocycles. The summed E-state index contributed by atoms with van der Waals surface area (Å²) in [6.07, 6.45) is 2.90. The van der Waals surface area contributed by atoms with Gasteiger partial charge in [0.15, 0.2) is 5.96 Å². The first-order chi connectivity index (χ1) is 13.1. The van der Waals surface area contributed by atoms with Crippen molar-refractivity contribution in [1.82, 2.24) is 10.6 Å². The number of aliphatic hydroxyl groups is 1. The van der Waals surface area contributed by atoms with Crippen molar-refractivity contribution in [2.45, 2.75) is 46.1 Å². The molecule has 160 valence electrons. The van der Waals surface area contributed by atoms with Crippen molar-refractivity contribution in [2.75, 3.05) is 44.8 Å². The number of ether oxygens (including phenoxy) is 1. The zero-order chi connectivity index (χ0) is 19.7. The van der Waals surface area contributed by atoms with Crippen LogP contribution in [0.3, 0.4) is 0 Å². The number of para-hydroxylation sites is 2. The fourth-order valence-electron chi connectivity index (χ4n) is 3.50. The quantitative estimate of drug-likeness (QED) is 0.274. The molecule has 1 aliphatic rings. The third-order valence-corrected chi connectivity index (χ3v) is 5.71. The maximum absolute atomic E-state index is 9.79. The number of aliphatic hydroxyl groups excluding tert-OH is 1. The van der Waals surface area contributed by atoms with Gasteiger partial charge in [-0.2, -0.15) is 0 Å². The summed E-state index contributed by atoms with van der Waals surface area (Å²) in [4.78, 5) is 7.14. The number of hydrogen-bond acceptors (Lipinski definition) is 4. The first kappa shape index (κ1) is 24.8. The predicted octanol–water partition coefficient (Wildman–Crippen LogP) is 3.25. The number of rotatable bonds is 9. The molecule has 3 N–H and O–H groups in total. The van der Waals surface area contributed by atoms with Gasteiger partial charge in [-0.3, -0.25) is 4.99 Å². The number of aliphatic imine (C=N–C) groups is 1. The highest BCUT2D eigenvalue weighted by Crippen LogP contribution is 2.30. The van der Waals surface area contributed by atoms with E-state index in [0.717, 1.165) is 56.3 Å². The molecule has 0 aromatic heterocycles. The Kier molecular flexibility index (Phi) is 11.0. The molecule has 0 spiro atoms. The number of halogens is 1. The summed E-state index contributed by atoms with van der Waals surface area (Å²) in [5.74, 6) is 1.75. The van der Waals surface area contributed by atoms with Gasteiger partial charge in [-0.25, -0.2) is 0 Å². The van der Waals surface area contributed by atoms with Crippen LogP contribution in [0.25, 0.3) is 0 Å². The number of methoxy groups -OCH3 is 1. The lowest BCUT2D eigenvalue weighted by molar-refractivity contribution is 0.123. The Balaban J connectivity index is 0.00000392. The number of hydrogen-bond donors (Lipinski definition) is 3. The van der Waals surface area contributed by atoms with Gasteiger partial charge >= 0.3 is 0 Å². The normalized spacial score (nSPS) is 17.2. The summed E-state index contributed by atoms with van der Waals surface area (Å²) < 4.78 is 5.50. The van der Waals surface area contributed by atoms with Gasteiger partial charge in [0, 0.05) is 31.1 Å². The topological polar surface area (TPSA) is 69.1 Å². The van der Waals surface area contributed by atoms with E-state index in [4.69, 9.17) is 9.73 Å². The van der Waals surface area contributed by atoms with E-state index >= 15 is 0 Å². The zero-order valence-electron chi connectivity index (χ0n) is 17.7. The van der Waals surface area contributed by atoms with Crippen molar-refractivity contribution in [3.05, 3.63) is 24.3 Å². The summed E-state index contributed by atoms with van der Waals surface area (Å²) in [7, 11) is 1.72. The average Bonchev–Trinajstić information content (AvgIpc) is 3.17. The zero-order valence-corrected chi connectivity index (χ0v) is 20.0. The summed E-state index contributed by atoms with van der Waals surface area (Å²) in [5, 5.41) is 16.7. The molecule has 0 radical (unpaired) electrons. The van der Waals surface area contributed by atoms with Crippen molar-refractivity contribution in [3.8, 4) is 5.75 Å². The molecule has 28 heavy (non-hydrogen) atoms. The van der Waals surface area contributed by atoms with Crippen LogP contribution in [0.5, 0.6) is 5.75 Å². The molecule has 1 atom stereocenters. The molecule has 2 rings (SSSR count). The van der Waals surface area contributed by atoms with Crippen LogP contribution in [-0.2, 0) is 0 Å². The fourth-order valence-corrected chi connectivity index (χ4v) is 3.50. The average molecular weight is 504 g/mol. The molecular weight excluding hydrogens is 467 g/mol. The maximum Gasteiger partial charge on any atom is 0.191 e. The second-order valence-corrected chi connectivity index (χ2v) is 7.31. The lowest BCUT2D eigenvalue weighted by atomic mass is 9.83. The second-order valence-electron chi connectivity index (χ2n) is 7.31. The predicted molar refractivity (Wildman–Crippen MR) is 128 cm³/mol. The van der Waals surface area contributed by atoms with Crippen LogP contribution in [0.4, 0.5) is 5.69 Å². The number of nitrogens with zero attached hydrogens (tertiary/aromatic N) is 2. The van der Waals surface area contributed by atoms with Crippen molar-refractivity contribution in [2.24, 2.45) is 10.4 Å². The van der Waals surface area contributed by atoms with E-state index in [1.807, 2.05) is 18.2 Å². The minimum absolute atomic E-state index is 0. The molecule has 1 heterocycles. The summed E-state index contributed by atoms with van der Waals surface area (Å²) in [5.41, 5.74) is 1.02. The standard InChI is InChI=1S/C21H36N4O2.HI/c1-5-21(6-2,16-26)15-23-20(22-7-3)24-17-12-13-25(14-17)18-10-8-9-11-19(18)27-4;/h8-11,17,26H,5-7,12-16H2,1-4H3,(H2,22,23,24);1H. The molecule has 1 saturated heterocycles. The highest BCUT2D eigenvalue weighted by atomic mass is 127. The Morgan fingerprint density at radius 1 is 1.29 bits per heavy atom. The third kappa shape index (κ3) is 6.40. The lowest BCUT2D eigenvalue weighted by Gasteiger charge is -2.28. The van der Waals surface area contributed by atoms with Gasteiger partial charge in [-0.05, 0) is 38.3 Å². The Morgan fingerprint density at radius 2 is 2.00 bits per heavy atom. The van der Waals surface area contributed by atoms with Crippen molar-refractivity contribution >= 4 is 35.6 Å². The second kappa shape index (κ2) is 12.4. The summed E-state index contributed by atoms with van der Waals surface area (Å²) in [6.45, 7) is 9.85. The van der Waals surface area contributed by atoms with Crippen molar-refractivity contribution < 1.29 is 9.84 Å². The smallest absolute Gasteiger partial charge is 0.191 e. The summed E-state index contributed by atoms with van der Waals surface area (Å²) >= 11 is 0. The molecule has 0 saturated carbocycles. The van der Waals surface area contributed by atoms with E-state index in [2.05, 4.69) is 42.4 Å². The van der Waals surface area contributed by atoms with Gasteiger partial charge in [0.25, 0.3) is 0 Å². The highest BCUT2D eigenvalue weighted by Gasteiger charge is 2.27. The van der Waals surface area contributed by atoms with Crippen LogP contribution in [0, 0.1) is 5.41 Å².